The largest absolute Gasteiger partial charge is 0.497 e. The molecular weight excluding hydrogens is 568 g/mol. The van der Waals surface area contributed by atoms with Crippen LogP contribution >= 0.6 is 11.6 Å². The first kappa shape index (κ1) is 33.8. The SMILES string of the molecule is CCCN(CCC)C(=O)C1=CC(C(N)=O)=CC(C(N)=O)([C@H](Cc2ccc(Cl)cc2)[C@@H](O)CNCc2cccc(OC)c2)C1. The molecule has 232 valence electrons. The summed E-state index contributed by atoms with van der Waals surface area (Å²) in [5, 5.41) is 15.5. The zero-order valence-electron chi connectivity index (χ0n) is 25.1. The van der Waals surface area contributed by atoms with Gasteiger partial charge in [-0.2, -0.15) is 0 Å². The van der Waals surface area contributed by atoms with Crippen LogP contribution in [0.15, 0.2) is 71.8 Å². The van der Waals surface area contributed by atoms with Crippen molar-refractivity contribution in [1.29, 1.82) is 0 Å². The van der Waals surface area contributed by atoms with Crippen LogP contribution in [0.2, 0.25) is 5.02 Å². The summed E-state index contributed by atoms with van der Waals surface area (Å²) in [4.78, 5) is 41.5. The van der Waals surface area contributed by atoms with Gasteiger partial charge in [-0.1, -0.05) is 55.8 Å². The summed E-state index contributed by atoms with van der Waals surface area (Å²) in [5.74, 6) is -1.93. The number of rotatable bonds is 16. The van der Waals surface area contributed by atoms with Gasteiger partial charge in [0.25, 0.3) is 0 Å². The Morgan fingerprint density at radius 3 is 2.33 bits per heavy atom. The maximum Gasteiger partial charge on any atom is 0.249 e. The number of hydrogen-bond acceptors (Lipinski definition) is 6. The van der Waals surface area contributed by atoms with E-state index in [0.29, 0.717) is 30.4 Å². The van der Waals surface area contributed by atoms with Gasteiger partial charge in [-0.05, 0) is 67.2 Å². The lowest BCUT2D eigenvalue weighted by Crippen LogP contribution is -2.52. The van der Waals surface area contributed by atoms with Crippen molar-refractivity contribution in [1.82, 2.24) is 10.2 Å². The number of ether oxygens (including phenoxy) is 1. The van der Waals surface area contributed by atoms with Gasteiger partial charge in [-0.25, -0.2) is 0 Å². The summed E-state index contributed by atoms with van der Waals surface area (Å²) >= 11 is 6.12. The lowest BCUT2D eigenvalue weighted by Gasteiger charge is -2.42. The molecule has 0 aromatic heterocycles. The highest BCUT2D eigenvalue weighted by Gasteiger charge is 2.49. The van der Waals surface area contributed by atoms with E-state index in [1.165, 1.54) is 12.2 Å². The van der Waals surface area contributed by atoms with E-state index >= 15 is 0 Å². The monoisotopic (exact) mass is 610 g/mol. The summed E-state index contributed by atoms with van der Waals surface area (Å²) in [7, 11) is 1.59. The third-order valence-corrected chi connectivity index (χ3v) is 8.08. The Bertz CT molecular complexity index is 1340. The second kappa shape index (κ2) is 15.7. The molecule has 0 bridgehead atoms. The van der Waals surface area contributed by atoms with Crippen molar-refractivity contribution < 1.29 is 24.2 Å². The van der Waals surface area contributed by atoms with Crippen LogP contribution < -0.4 is 21.5 Å². The smallest absolute Gasteiger partial charge is 0.249 e. The fraction of sp³-hybridized carbons (Fsp3) is 0.424. The second-order valence-electron chi connectivity index (χ2n) is 11.0. The predicted octanol–water partition coefficient (Wildman–Crippen LogP) is 3.52. The van der Waals surface area contributed by atoms with E-state index in [1.54, 1.807) is 24.1 Å². The van der Waals surface area contributed by atoms with Crippen LogP contribution in [-0.2, 0) is 27.3 Å². The fourth-order valence-corrected chi connectivity index (χ4v) is 5.79. The van der Waals surface area contributed by atoms with Crippen LogP contribution in [0.4, 0.5) is 0 Å². The standard InChI is InChI=1S/C33H43ClN4O5/c1-4-13-38(14-5-2)31(41)25-17-24(30(35)40)18-33(19-25,32(36)42)28(16-22-9-11-26(34)12-10-22)29(39)21-37-20-23-7-6-8-27(15-23)43-3/h6-12,15,17-18,28-29,37,39H,4-5,13-14,16,19-21H2,1-3H3,(H2,35,40)(H2,36,42)/t28-,29+,33?/m1/s1. The molecule has 43 heavy (non-hydrogen) atoms. The van der Waals surface area contributed by atoms with Gasteiger partial charge in [0.05, 0.1) is 18.6 Å². The third kappa shape index (κ3) is 8.69. The van der Waals surface area contributed by atoms with Crippen LogP contribution in [0.1, 0.15) is 44.2 Å². The van der Waals surface area contributed by atoms with Crippen molar-refractivity contribution in [3.05, 3.63) is 88.0 Å². The average molecular weight is 611 g/mol. The molecule has 9 nitrogen and oxygen atoms in total. The molecule has 2 aromatic carbocycles. The maximum absolute atomic E-state index is 13.8. The predicted molar refractivity (Wildman–Crippen MR) is 168 cm³/mol. The summed E-state index contributed by atoms with van der Waals surface area (Å²) < 4.78 is 5.30. The minimum atomic E-state index is -1.58. The Labute approximate surface area is 258 Å². The van der Waals surface area contributed by atoms with Crippen LogP contribution in [0.25, 0.3) is 0 Å². The summed E-state index contributed by atoms with van der Waals surface area (Å²) in [5.41, 5.74) is 12.3. The number of carbonyl (C=O) groups excluding carboxylic acids is 3. The summed E-state index contributed by atoms with van der Waals surface area (Å²) in [6.45, 7) is 5.54. The number of aliphatic hydroxyl groups is 1. The lowest BCUT2D eigenvalue weighted by atomic mass is 9.63. The number of nitrogens with two attached hydrogens (primary N) is 2. The average Bonchev–Trinajstić information content (AvgIpc) is 2.99. The van der Waals surface area contributed by atoms with Crippen molar-refractivity contribution in [2.75, 3.05) is 26.7 Å². The molecule has 0 radical (unpaired) electrons. The van der Waals surface area contributed by atoms with Gasteiger partial charge in [0.15, 0.2) is 0 Å². The van der Waals surface area contributed by atoms with E-state index < -0.39 is 29.3 Å². The molecule has 0 heterocycles. The minimum Gasteiger partial charge on any atom is -0.497 e. The van der Waals surface area contributed by atoms with Gasteiger partial charge in [0.2, 0.25) is 17.7 Å². The number of nitrogens with zero attached hydrogens (tertiary/aromatic N) is 1. The highest BCUT2D eigenvalue weighted by molar-refractivity contribution is 6.30. The van der Waals surface area contributed by atoms with Crippen molar-refractivity contribution in [2.45, 2.75) is 52.2 Å². The lowest BCUT2D eigenvalue weighted by molar-refractivity contribution is -0.132. The quantitative estimate of drug-likeness (QED) is 0.229. The van der Waals surface area contributed by atoms with Crippen LogP contribution in [0, 0.1) is 11.3 Å². The second-order valence-corrected chi connectivity index (χ2v) is 11.4. The molecule has 0 spiro atoms. The number of amides is 3. The highest BCUT2D eigenvalue weighted by Crippen LogP contribution is 2.44. The molecular formula is C33H43ClN4O5. The first-order valence-electron chi connectivity index (χ1n) is 14.6. The molecule has 3 atom stereocenters. The number of aliphatic hydroxyl groups excluding tert-OH is 1. The fourth-order valence-electron chi connectivity index (χ4n) is 5.67. The number of primary amides is 2. The van der Waals surface area contributed by atoms with Crippen molar-refractivity contribution >= 4 is 29.3 Å². The number of carbonyl (C=O) groups is 3. The van der Waals surface area contributed by atoms with Crippen molar-refractivity contribution in [3.8, 4) is 5.75 Å². The molecule has 1 unspecified atom stereocenters. The Hall–Kier alpha value is -3.66. The highest BCUT2D eigenvalue weighted by atomic mass is 35.5. The molecule has 1 aliphatic rings. The van der Waals surface area contributed by atoms with E-state index in [4.69, 9.17) is 27.8 Å². The molecule has 0 aliphatic heterocycles. The molecule has 2 aromatic rings. The number of methoxy groups -OCH3 is 1. The number of benzene rings is 2. The van der Waals surface area contributed by atoms with E-state index in [2.05, 4.69) is 5.32 Å². The molecule has 0 saturated heterocycles. The van der Waals surface area contributed by atoms with Crippen molar-refractivity contribution in [2.24, 2.45) is 22.8 Å². The topological polar surface area (TPSA) is 148 Å². The molecule has 6 N–H and O–H groups in total. The molecule has 0 fully saturated rings. The maximum atomic E-state index is 13.8. The van der Waals surface area contributed by atoms with E-state index in [0.717, 1.165) is 24.0 Å². The van der Waals surface area contributed by atoms with Crippen LogP contribution in [0.3, 0.4) is 0 Å². The van der Waals surface area contributed by atoms with E-state index in [9.17, 15) is 19.5 Å². The zero-order valence-corrected chi connectivity index (χ0v) is 25.9. The van der Waals surface area contributed by atoms with Crippen LogP contribution in [-0.4, -0.2) is 60.6 Å². The number of nitrogens with one attached hydrogen (secondary N) is 1. The van der Waals surface area contributed by atoms with Gasteiger partial charge in [-0.3, -0.25) is 14.4 Å². The van der Waals surface area contributed by atoms with Crippen molar-refractivity contribution in [3.63, 3.8) is 0 Å². The zero-order chi connectivity index (χ0) is 31.6. The number of halogens is 1. The number of hydrogen-bond donors (Lipinski definition) is 4. The Balaban J connectivity index is 2.02. The normalized spacial score (nSPS) is 17.8. The Kier molecular flexibility index (Phi) is 12.4. The summed E-state index contributed by atoms with van der Waals surface area (Å²) in [6.07, 6.45) is 3.44. The molecule has 0 saturated carbocycles. The van der Waals surface area contributed by atoms with Gasteiger partial charge in [0.1, 0.15) is 5.75 Å². The van der Waals surface area contributed by atoms with E-state index in [1.807, 2.05) is 50.2 Å². The summed E-state index contributed by atoms with van der Waals surface area (Å²) in [6, 6.07) is 14.6. The van der Waals surface area contributed by atoms with Crippen LogP contribution in [0.5, 0.6) is 5.75 Å². The van der Waals surface area contributed by atoms with Gasteiger partial charge < -0.3 is 31.5 Å². The Morgan fingerprint density at radius 1 is 1.07 bits per heavy atom. The minimum absolute atomic E-state index is 0.0130. The molecule has 10 heteroatoms. The first-order chi connectivity index (χ1) is 20.5. The molecule has 1 aliphatic carbocycles. The third-order valence-electron chi connectivity index (χ3n) is 7.83. The first-order valence-corrected chi connectivity index (χ1v) is 15.0. The molecule has 3 amide bonds. The van der Waals surface area contributed by atoms with Gasteiger partial charge >= 0.3 is 0 Å². The van der Waals surface area contributed by atoms with Gasteiger partial charge in [-0.15, -0.1) is 0 Å². The molecule has 3 rings (SSSR count). The van der Waals surface area contributed by atoms with E-state index in [-0.39, 0.29) is 36.4 Å². The Morgan fingerprint density at radius 2 is 1.74 bits per heavy atom. The van der Waals surface area contributed by atoms with Gasteiger partial charge in [0, 0.05) is 48.3 Å².